The Labute approximate surface area is 82.4 Å². The van der Waals surface area contributed by atoms with Gasteiger partial charge in [0.1, 0.15) is 0 Å². The second-order valence-corrected chi connectivity index (χ2v) is 3.62. The molecule has 0 rings (SSSR count). The minimum Gasteiger partial charge on any atom is -0.323 e. The van der Waals surface area contributed by atoms with Gasteiger partial charge >= 0.3 is 6.09 Å². The van der Waals surface area contributed by atoms with Crippen LogP contribution >= 0.6 is 11.8 Å². The molecule has 1 atom stereocenters. The Morgan fingerprint density at radius 2 is 2.54 bits per heavy atom. The summed E-state index contributed by atoms with van der Waals surface area (Å²) >= 11 is 1.66. The average Bonchev–Trinajstić information content (AvgIpc) is 2.14. The highest BCUT2D eigenvalue weighted by molar-refractivity contribution is 8.00. The maximum absolute atomic E-state index is 10.5. The zero-order valence-corrected chi connectivity index (χ0v) is 8.63. The van der Waals surface area contributed by atoms with Crippen LogP contribution in [0, 0.1) is 0 Å². The molecule has 0 aliphatic heterocycles. The lowest BCUT2D eigenvalue weighted by Gasteiger charge is -2.01. The summed E-state index contributed by atoms with van der Waals surface area (Å²) in [6, 6.07) is 0. The van der Waals surface area contributed by atoms with Gasteiger partial charge in [-0.3, -0.25) is 4.84 Å². The predicted octanol–water partition coefficient (Wildman–Crippen LogP) is 1.64. The third-order valence-corrected chi connectivity index (χ3v) is 2.16. The first-order chi connectivity index (χ1) is 6.20. The Kier molecular flexibility index (Phi) is 7.10. The molecule has 0 saturated heterocycles. The smallest absolute Gasteiger partial charge is 0.323 e. The number of nitrogens with zero attached hydrogens (tertiary/aromatic N) is 1. The molecule has 0 fully saturated rings. The third-order valence-electron chi connectivity index (χ3n) is 1.09. The van der Waals surface area contributed by atoms with E-state index in [9.17, 15) is 4.79 Å². The number of oxime groups is 1. The van der Waals surface area contributed by atoms with Gasteiger partial charge in [0.2, 0.25) is 0 Å². The first-order valence-corrected chi connectivity index (χ1v) is 4.90. The molecule has 5 heteroatoms. The summed E-state index contributed by atoms with van der Waals surface area (Å²) in [7, 11) is 1.48. The van der Waals surface area contributed by atoms with E-state index in [0.717, 1.165) is 5.75 Å². The van der Waals surface area contributed by atoms with Crippen molar-refractivity contribution in [2.75, 3.05) is 12.8 Å². The number of rotatable bonds is 5. The SMILES string of the molecule is C=CCSC(C)/C=N/OC(=O)NC. The van der Waals surface area contributed by atoms with Crippen molar-refractivity contribution in [2.45, 2.75) is 12.2 Å². The summed E-state index contributed by atoms with van der Waals surface area (Å²) in [6.45, 7) is 5.56. The summed E-state index contributed by atoms with van der Waals surface area (Å²) in [5, 5.41) is 6.00. The van der Waals surface area contributed by atoms with Crippen molar-refractivity contribution >= 4 is 24.1 Å². The van der Waals surface area contributed by atoms with Gasteiger partial charge in [0.05, 0.1) is 6.21 Å². The maximum Gasteiger partial charge on any atom is 0.433 e. The monoisotopic (exact) mass is 202 g/mol. The predicted molar refractivity (Wildman–Crippen MR) is 56.1 cm³/mol. The molecule has 0 aliphatic carbocycles. The van der Waals surface area contributed by atoms with Gasteiger partial charge in [-0.05, 0) is 6.92 Å². The minimum atomic E-state index is -0.558. The molecule has 1 unspecified atom stereocenters. The molecule has 0 aliphatic rings. The number of thioether (sulfide) groups is 1. The maximum atomic E-state index is 10.5. The second kappa shape index (κ2) is 7.67. The summed E-state index contributed by atoms with van der Waals surface area (Å²) in [5.41, 5.74) is 0. The van der Waals surface area contributed by atoms with Gasteiger partial charge in [0.15, 0.2) is 0 Å². The fraction of sp³-hybridized carbons (Fsp3) is 0.500. The van der Waals surface area contributed by atoms with E-state index in [2.05, 4.69) is 21.9 Å². The van der Waals surface area contributed by atoms with E-state index in [-0.39, 0.29) is 5.25 Å². The highest BCUT2D eigenvalue weighted by Crippen LogP contribution is 2.07. The molecular formula is C8H14N2O2S. The van der Waals surface area contributed by atoms with Gasteiger partial charge in [-0.25, -0.2) is 4.79 Å². The quantitative estimate of drug-likeness (QED) is 0.319. The Bertz CT molecular complexity index is 195. The van der Waals surface area contributed by atoms with Gasteiger partial charge in [-0.1, -0.05) is 11.2 Å². The van der Waals surface area contributed by atoms with Crippen molar-refractivity contribution < 1.29 is 9.63 Å². The molecule has 74 valence electrons. The van der Waals surface area contributed by atoms with Crippen LogP contribution in [-0.2, 0) is 4.84 Å². The lowest BCUT2D eigenvalue weighted by molar-refractivity contribution is 0.153. The van der Waals surface area contributed by atoms with Crippen LogP contribution in [0.25, 0.3) is 0 Å². The van der Waals surface area contributed by atoms with Crippen molar-refractivity contribution in [1.29, 1.82) is 0 Å². The third kappa shape index (κ3) is 7.39. The Balaban J connectivity index is 3.58. The normalized spacial score (nSPS) is 12.5. The van der Waals surface area contributed by atoms with Gasteiger partial charge in [-0.15, -0.1) is 18.3 Å². The van der Waals surface area contributed by atoms with E-state index in [1.165, 1.54) is 7.05 Å². The van der Waals surface area contributed by atoms with E-state index >= 15 is 0 Å². The van der Waals surface area contributed by atoms with E-state index in [1.54, 1.807) is 18.0 Å². The van der Waals surface area contributed by atoms with Crippen LogP contribution in [0.2, 0.25) is 0 Å². The highest BCUT2D eigenvalue weighted by atomic mass is 32.2. The summed E-state index contributed by atoms with van der Waals surface area (Å²) in [5.74, 6) is 0.854. The van der Waals surface area contributed by atoms with Crippen molar-refractivity contribution in [1.82, 2.24) is 5.32 Å². The van der Waals surface area contributed by atoms with Crippen molar-refractivity contribution in [2.24, 2.45) is 5.16 Å². The molecule has 0 radical (unpaired) electrons. The fourth-order valence-corrected chi connectivity index (χ4v) is 1.05. The standard InChI is InChI=1S/C8H14N2O2S/c1-4-5-13-7(2)6-10-12-8(11)9-3/h4,6-7H,1,5H2,2-3H3,(H,9,11)/b10-6+. The Morgan fingerprint density at radius 1 is 1.85 bits per heavy atom. The lowest BCUT2D eigenvalue weighted by Crippen LogP contribution is -2.17. The van der Waals surface area contributed by atoms with Crippen LogP contribution in [-0.4, -0.2) is 30.4 Å². The highest BCUT2D eigenvalue weighted by Gasteiger charge is 1.97. The summed E-state index contributed by atoms with van der Waals surface area (Å²) in [4.78, 5) is 15.0. The zero-order chi connectivity index (χ0) is 10.1. The molecule has 1 amide bonds. The second-order valence-electron chi connectivity index (χ2n) is 2.21. The number of carbonyl (C=O) groups is 1. The van der Waals surface area contributed by atoms with Crippen LogP contribution in [0.5, 0.6) is 0 Å². The molecule has 0 bridgehead atoms. The number of hydrogen-bond donors (Lipinski definition) is 1. The van der Waals surface area contributed by atoms with Crippen molar-refractivity contribution in [3.8, 4) is 0 Å². The number of amides is 1. The van der Waals surface area contributed by atoms with Crippen molar-refractivity contribution in [3.05, 3.63) is 12.7 Å². The van der Waals surface area contributed by atoms with Crippen LogP contribution in [0.4, 0.5) is 4.79 Å². The summed E-state index contributed by atoms with van der Waals surface area (Å²) < 4.78 is 0. The lowest BCUT2D eigenvalue weighted by atomic mass is 10.5. The number of hydrogen-bond acceptors (Lipinski definition) is 4. The number of nitrogens with one attached hydrogen (secondary N) is 1. The Hall–Kier alpha value is -0.970. The van der Waals surface area contributed by atoms with E-state index in [1.807, 2.05) is 13.0 Å². The molecule has 0 spiro atoms. The van der Waals surface area contributed by atoms with Crippen molar-refractivity contribution in [3.63, 3.8) is 0 Å². The molecular weight excluding hydrogens is 188 g/mol. The van der Waals surface area contributed by atoms with Gasteiger partial charge in [0, 0.05) is 18.1 Å². The van der Waals surface area contributed by atoms with E-state index < -0.39 is 6.09 Å². The Morgan fingerprint density at radius 3 is 3.08 bits per heavy atom. The van der Waals surface area contributed by atoms with Crippen LogP contribution in [0.1, 0.15) is 6.92 Å². The molecule has 13 heavy (non-hydrogen) atoms. The first-order valence-electron chi connectivity index (χ1n) is 3.85. The molecule has 0 aromatic rings. The largest absolute Gasteiger partial charge is 0.433 e. The van der Waals surface area contributed by atoms with E-state index in [4.69, 9.17) is 0 Å². The average molecular weight is 202 g/mol. The fourth-order valence-electron chi connectivity index (χ4n) is 0.472. The molecule has 0 aromatic heterocycles. The topological polar surface area (TPSA) is 50.7 Å². The van der Waals surface area contributed by atoms with Crippen LogP contribution < -0.4 is 5.32 Å². The van der Waals surface area contributed by atoms with Crippen LogP contribution in [0.3, 0.4) is 0 Å². The van der Waals surface area contributed by atoms with Gasteiger partial charge in [0.25, 0.3) is 0 Å². The first kappa shape index (κ1) is 12.0. The molecule has 4 nitrogen and oxygen atoms in total. The summed E-state index contributed by atoms with van der Waals surface area (Å²) in [6.07, 6.45) is 2.83. The zero-order valence-electron chi connectivity index (χ0n) is 7.82. The molecule has 0 aromatic carbocycles. The number of carbonyl (C=O) groups excluding carboxylic acids is 1. The van der Waals surface area contributed by atoms with Crippen LogP contribution in [0.15, 0.2) is 17.8 Å². The van der Waals surface area contributed by atoms with Gasteiger partial charge in [-0.2, -0.15) is 0 Å². The minimum absolute atomic E-state index is 0.211. The molecule has 0 saturated carbocycles. The molecule has 0 heterocycles. The molecule has 1 N–H and O–H groups in total. The van der Waals surface area contributed by atoms with Gasteiger partial charge < -0.3 is 5.32 Å². The van der Waals surface area contributed by atoms with E-state index in [0.29, 0.717) is 0 Å².